The average molecular weight is 324 g/mol. The molecule has 0 amide bonds. The molecule has 0 aliphatic heterocycles. The summed E-state index contributed by atoms with van der Waals surface area (Å²) >= 11 is 0. The summed E-state index contributed by atoms with van der Waals surface area (Å²) in [6.45, 7) is 2.02. The zero-order valence-electron chi connectivity index (χ0n) is 11.2. The van der Waals surface area contributed by atoms with Gasteiger partial charge in [0.2, 0.25) is 0 Å². The van der Waals surface area contributed by atoms with Crippen LogP contribution in [0.2, 0.25) is 0 Å². The molecule has 3 rings (SSSR count). The van der Waals surface area contributed by atoms with E-state index in [-0.39, 0.29) is 17.1 Å². The minimum absolute atomic E-state index is 0. The van der Waals surface area contributed by atoms with Gasteiger partial charge in [0, 0.05) is 15.7 Å². The molecule has 3 aromatic carbocycles. The summed E-state index contributed by atoms with van der Waals surface area (Å²) in [5.41, 5.74) is 1.19. The Bertz CT molecular complexity index is 578. The molecule has 104 valence electrons. The third kappa shape index (κ3) is 4.93. The second kappa shape index (κ2) is 8.70. The summed E-state index contributed by atoms with van der Waals surface area (Å²) in [6.07, 6.45) is 0. The van der Waals surface area contributed by atoms with Gasteiger partial charge in [-0.15, -0.1) is 4.90 Å². The molecule has 1 nitrogen and oxygen atoms in total. The molecule has 20 heavy (non-hydrogen) atoms. The van der Waals surface area contributed by atoms with Gasteiger partial charge in [0.25, 0.3) is 0 Å². The van der Waals surface area contributed by atoms with Gasteiger partial charge in [0.1, 0.15) is 0 Å². The first-order valence-electron chi connectivity index (χ1n) is 6.14. The van der Waals surface area contributed by atoms with E-state index in [1.807, 2.05) is 85.8 Å². The molecule has 0 saturated heterocycles. The van der Waals surface area contributed by atoms with E-state index in [4.69, 9.17) is 0 Å². The van der Waals surface area contributed by atoms with Crippen LogP contribution < -0.4 is 0 Å². The van der Waals surface area contributed by atoms with Crippen molar-refractivity contribution in [3.63, 3.8) is 0 Å². The van der Waals surface area contributed by atoms with Crippen molar-refractivity contribution in [2.24, 2.45) is 0 Å². The van der Waals surface area contributed by atoms with Gasteiger partial charge >= 0.3 is 17.1 Å². The van der Waals surface area contributed by atoms with Crippen molar-refractivity contribution < 1.29 is 21.3 Å². The molecule has 0 aliphatic rings. The number of hydrogen-bond donors (Lipinski definition) is 0. The van der Waals surface area contributed by atoms with Crippen LogP contribution in [0, 0.1) is 6.92 Å². The smallest absolute Gasteiger partial charge is 0.264 e. The Kier molecular flexibility index (Phi) is 7.24. The van der Waals surface area contributed by atoms with E-state index in [0.717, 1.165) is 9.79 Å². The Morgan fingerprint density at radius 3 is 1.95 bits per heavy atom. The number of aryl methyl sites for hydroxylation is 1. The van der Waals surface area contributed by atoms with Gasteiger partial charge in [-0.2, -0.15) is 42.5 Å². The first-order chi connectivity index (χ1) is 9.27. The predicted octanol–water partition coefficient (Wildman–Crippen LogP) is 4.28. The van der Waals surface area contributed by atoms with Crippen LogP contribution in [0.1, 0.15) is 5.56 Å². The molecule has 0 heterocycles. The van der Waals surface area contributed by atoms with E-state index < -0.39 is 10.8 Å². The molecule has 0 spiro atoms. The monoisotopic (exact) mass is 324 g/mol. The van der Waals surface area contributed by atoms with Crippen LogP contribution in [0.3, 0.4) is 0 Å². The number of rotatable bonds is 2. The Morgan fingerprint density at radius 2 is 1.50 bits per heavy atom. The van der Waals surface area contributed by atoms with Crippen molar-refractivity contribution in [1.29, 1.82) is 0 Å². The van der Waals surface area contributed by atoms with Crippen molar-refractivity contribution >= 4 is 10.8 Å². The van der Waals surface area contributed by atoms with Crippen molar-refractivity contribution in [3.05, 3.63) is 84.4 Å². The molecular weight excluding hydrogens is 308 g/mol. The molecule has 0 saturated carbocycles. The zero-order valence-corrected chi connectivity index (χ0v) is 13.1. The van der Waals surface area contributed by atoms with Gasteiger partial charge in [-0.25, -0.2) is 12.1 Å². The minimum atomic E-state index is -1.02. The Morgan fingerprint density at radius 1 is 0.850 bits per heavy atom. The van der Waals surface area contributed by atoms with Gasteiger partial charge in [0.15, 0.2) is 0 Å². The van der Waals surface area contributed by atoms with E-state index in [9.17, 15) is 4.21 Å². The van der Waals surface area contributed by atoms with E-state index in [0.29, 0.717) is 0 Å². The first kappa shape index (κ1) is 16.6. The van der Waals surface area contributed by atoms with Crippen molar-refractivity contribution in [2.45, 2.75) is 16.7 Å². The molecule has 0 radical (unpaired) electrons. The Balaban J connectivity index is 0.000000283. The number of hydrogen-bond acceptors (Lipinski definition) is 1. The molecule has 0 N–H and O–H groups in total. The summed E-state index contributed by atoms with van der Waals surface area (Å²) in [5.74, 6) is 0. The second-order valence-corrected chi connectivity index (χ2v) is 5.64. The molecule has 0 unspecified atom stereocenters. The van der Waals surface area contributed by atoms with Crippen LogP contribution in [0.4, 0.5) is 0 Å². The summed E-state index contributed by atoms with van der Waals surface area (Å²) in [5, 5.41) is 0. The quantitative estimate of drug-likeness (QED) is 0.508. The fourth-order valence-electron chi connectivity index (χ4n) is 1.60. The van der Waals surface area contributed by atoms with Gasteiger partial charge < -0.3 is 0 Å². The van der Waals surface area contributed by atoms with Crippen molar-refractivity contribution in [1.82, 2.24) is 0 Å². The van der Waals surface area contributed by atoms with Gasteiger partial charge in [-0.1, -0.05) is 17.7 Å². The molecule has 0 fully saturated rings. The van der Waals surface area contributed by atoms with Crippen LogP contribution in [0.15, 0.2) is 88.7 Å². The first-order valence-corrected chi connectivity index (χ1v) is 7.29. The summed E-state index contributed by atoms with van der Waals surface area (Å²) in [4.78, 5) is 1.73. The predicted molar refractivity (Wildman–Crippen MR) is 79.9 cm³/mol. The van der Waals surface area contributed by atoms with Crippen molar-refractivity contribution in [2.75, 3.05) is 0 Å². The topological polar surface area (TPSA) is 17.1 Å². The summed E-state index contributed by atoms with van der Waals surface area (Å²) in [7, 11) is -1.02. The van der Waals surface area contributed by atoms with E-state index in [2.05, 4.69) is 0 Å². The largest absolute Gasteiger partial charge is 2.00 e. The fourth-order valence-corrected chi connectivity index (χ4v) is 2.66. The van der Waals surface area contributed by atoms with Crippen LogP contribution >= 0.6 is 0 Å². The molecule has 1 atom stereocenters. The third-order valence-electron chi connectivity index (χ3n) is 2.64. The van der Waals surface area contributed by atoms with Crippen LogP contribution in [0.25, 0.3) is 0 Å². The van der Waals surface area contributed by atoms with Crippen LogP contribution in [-0.4, -0.2) is 4.21 Å². The second-order valence-electron chi connectivity index (χ2n) is 4.16. The standard InChI is InChI=1S/C12H11OS.C5H5.Fe/c1-10-6-8-12(9-7-10)14(13)11-4-2-3-5-11;1-2-4-5-3-1;/h2-9H,1H3;1-5H;/q2*-1;+2/t14-;;/m1../s1. The molecule has 0 bridgehead atoms. The zero-order chi connectivity index (χ0) is 13.5. The van der Waals surface area contributed by atoms with Gasteiger partial charge in [0.05, 0.1) is 0 Å². The van der Waals surface area contributed by atoms with Crippen LogP contribution in [0.5, 0.6) is 0 Å². The molecule has 0 aromatic heterocycles. The van der Waals surface area contributed by atoms with Gasteiger partial charge in [-0.05, 0) is 19.1 Å². The molecular formula is C17H16FeOS. The van der Waals surface area contributed by atoms with Crippen molar-refractivity contribution in [3.8, 4) is 0 Å². The molecule has 3 heteroatoms. The average Bonchev–Trinajstić information content (AvgIpc) is 3.15. The fraction of sp³-hybridized carbons (Fsp3) is 0.0588. The summed E-state index contributed by atoms with van der Waals surface area (Å²) < 4.78 is 11.9. The minimum Gasteiger partial charge on any atom is -0.264 e. The summed E-state index contributed by atoms with van der Waals surface area (Å²) in [6, 6.07) is 25.4. The third-order valence-corrected chi connectivity index (χ3v) is 4.04. The maximum absolute atomic E-state index is 11.9. The van der Waals surface area contributed by atoms with E-state index in [1.165, 1.54) is 5.56 Å². The maximum Gasteiger partial charge on any atom is 2.00 e. The van der Waals surface area contributed by atoms with E-state index in [1.54, 1.807) is 0 Å². The Labute approximate surface area is 133 Å². The normalized spacial score (nSPS) is 10.8. The van der Waals surface area contributed by atoms with Crippen LogP contribution in [-0.2, 0) is 27.9 Å². The van der Waals surface area contributed by atoms with Gasteiger partial charge in [-0.3, -0.25) is 4.21 Å². The molecule has 0 aliphatic carbocycles. The molecule has 3 aromatic rings. The SMILES string of the molecule is Cc1ccc([S@](=O)c2cc[cH-]c2)cc1.[Fe+2].c1cc[cH-]c1. The number of benzene rings is 1. The maximum atomic E-state index is 11.9. The Hall–Kier alpha value is -1.41. The van der Waals surface area contributed by atoms with E-state index >= 15 is 0 Å².